The molecule has 0 bridgehead atoms. The van der Waals surface area contributed by atoms with Crippen LogP contribution < -0.4 is 0 Å². The quantitative estimate of drug-likeness (QED) is 0.429. The van der Waals surface area contributed by atoms with Crippen LogP contribution in [0.2, 0.25) is 0 Å². The number of esters is 1. The van der Waals surface area contributed by atoms with Gasteiger partial charge in [0.15, 0.2) is 6.61 Å². The highest BCUT2D eigenvalue weighted by molar-refractivity contribution is 7.98. The highest BCUT2D eigenvalue weighted by Crippen LogP contribution is 2.15. The molecule has 0 aliphatic rings. The summed E-state index contributed by atoms with van der Waals surface area (Å²) < 4.78 is 4.99. The van der Waals surface area contributed by atoms with Crippen LogP contribution in [0.4, 0.5) is 0 Å². The zero-order valence-electron chi connectivity index (χ0n) is 13.6. The van der Waals surface area contributed by atoms with E-state index in [0.29, 0.717) is 6.54 Å². The molecule has 0 fully saturated rings. The molecule has 1 amide bonds. The first-order valence-corrected chi connectivity index (χ1v) is 9.49. The van der Waals surface area contributed by atoms with Gasteiger partial charge < -0.3 is 9.64 Å². The number of rotatable bonds is 7. The Kier molecular flexibility index (Phi) is 7.08. The van der Waals surface area contributed by atoms with Gasteiger partial charge >= 0.3 is 5.97 Å². The highest BCUT2D eigenvalue weighted by Gasteiger charge is 2.11. The fourth-order valence-electron chi connectivity index (χ4n) is 1.92. The van der Waals surface area contributed by atoms with E-state index in [1.807, 2.05) is 47.3 Å². The summed E-state index contributed by atoms with van der Waals surface area (Å²) in [7, 11) is 1.69. The SMILES string of the molecule is CSc1ccc(/C=C/C(=O)OCC(=O)N(C)Cc2ccsc2)cc1. The normalized spacial score (nSPS) is 10.8. The van der Waals surface area contributed by atoms with Gasteiger partial charge in [-0.2, -0.15) is 11.3 Å². The van der Waals surface area contributed by atoms with E-state index >= 15 is 0 Å². The van der Waals surface area contributed by atoms with Crippen molar-refractivity contribution in [1.29, 1.82) is 0 Å². The second-order valence-electron chi connectivity index (χ2n) is 5.10. The van der Waals surface area contributed by atoms with Gasteiger partial charge in [0.25, 0.3) is 5.91 Å². The lowest BCUT2D eigenvalue weighted by Gasteiger charge is -2.15. The van der Waals surface area contributed by atoms with Crippen molar-refractivity contribution in [2.24, 2.45) is 0 Å². The van der Waals surface area contributed by atoms with Crippen molar-refractivity contribution in [2.45, 2.75) is 11.4 Å². The van der Waals surface area contributed by atoms with Crippen molar-refractivity contribution in [3.05, 3.63) is 58.3 Å². The molecule has 2 aromatic rings. The average Bonchev–Trinajstić information content (AvgIpc) is 3.11. The number of amides is 1. The first-order valence-electron chi connectivity index (χ1n) is 7.32. The number of ether oxygens (including phenoxy) is 1. The Labute approximate surface area is 150 Å². The number of carbonyl (C=O) groups excluding carboxylic acids is 2. The number of hydrogen-bond acceptors (Lipinski definition) is 5. The van der Waals surface area contributed by atoms with Crippen LogP contribution in [-0.4, -0.2) is 36.7 Å². The third-order valence-corrected chi connectivity index (χ3v) is 4.77. The fraction of sp³-hybridized carbons (Fsp3) is 0.222. The summed E-state index contributed by atoms with van der Waals surface area (Å²) in [5, 5.41) is 3.95. The van der Waals surface area contributed by atoms with Crippen molar-refractivity contribution < 1.29 is 14.3 Å². The standard InChI is InChI=1S/C18H19NO3S2/c1-19(11-15-9-10-24-13-15)17(20)12-22-18(21)8-5-14-3-6-16(23-2)7-4-14/h3-10,13H,11-12H2,1-2H3/b8-5+. The summed E-state index contributed by atoms with van der Waals surface area (Å²) in [6, 6.07) is 9.79. The number of carbonyl (C=O) groups is 2. The predicted molar refractivity (Wildman–Crippen MR) is 99.0 cm³/mol. The lowest BCUT2D eigenvalue weighted by molar-refractivity contribution is -0.147. The molecule has 1 aromatic carbocycles. The van der Waals surface area contributed by atoms with Gasteiger partial charge in [-0.1, -0.05) is 12.1 Å². The van der Waals surface area contributed by atoms with E-state index in [9.17, 15) is 9.59 Å². The zero-order chi connectivity index (χ0) is 17.4. The van der Waals surface area contributed by atoms with E-state index in [4.69, 9.17) is 4.74 Å². The van der Waals surface area contributed by atoms with E-state index in [-0.39, 0.29) is 12.5 Å². The lowest BCUT2D eigenvalue weighted by atomic mass is 10.2. The molecule has 2 rings (SSSR count). The van der Waals surface area contributed by atoms with Gasteiger partial charge in [0.05, 0.1) is 0 Å². The van der Waals surface area contributed by atoms with Gasteiger partial charge in [-0.15, -0.1) is 11.8 Å². The Hall–Kier alpha value is -2.05. The molecule has 1 heterocycles. The highest BCUT2D eigenvalue weighted by atomic mass is 32.2. The maximum Gasteiger partial charge on any atom is 0.331 e. The number of hydrogen-bond donors (Lipinski definition) is 0. The largest absolute Gasteiger partial charge is 0.452 e. The molecular weight excluding hydrogens is 342 g/mol. The van der Waals surface area contributed by atoms with Gasteiger partial charge in [0, 0.05) is 24.6 Å². The minimum absolute atomic E-state index is 0.229. The van der Waals surface area contributed by atoms with Gasteiger partial charge in [-0.3, -0.25) is 4.79 Å². The maximum absolute atomic E-state index is 11.9. The van der Waals surface area contributed by atoms with E-state index in [2.05, 4.69) is 0 Å². The van der Waals surface area contributed by atoms with Crippen LogP contribution in [-0.2, 0) is 20.9 Å². The predicted octanol–water partition coefficient (Wildman–Crippen LogP) is 3.69. The maximum atomic E-state index is 11.9. The summed E-state index contributed by atoms with van der Waals surface area (Å²) in [5.41, 5.74) is 1.97. The first kappa shape index (κ1) is 18.3. The first-order chi connectivity index (χ1) is 11.6. The van der Waals surface area contributed by atoms with Crippen LogP contribution in [0.3, 0.4) is 0 Å². The van der Waals surface area contributed by atoms with E-state index < -0.39 is 5.97 Å². The Morgan fingerprint density at radius 3 is 2.62 bits per heavy atom. The van der Waals surface area contributed by atoms with Crippen LogP contribution >= 0.6 is 23.1 Å². The minimum atomic E-state index is -0.527. The third-order valence-electron chi connectivity index (χ3n) is 3.29. The van der Waals surface area contributed by atoms with E-state index in [1.165, 1.54) is 6.08 Å². The third kappa shape index (κ3) is 5.86. The molecule has 126 valence electrons. The monoisotopic (exact) mass is 361 g/mol. The molecular formula is C18H19NO3S2. The Bertz CT molecular complexity index is 694. The van der Waals surface area contributed by atoms with Crippen LogP contribution in [0.25, 0.3) is 6.08 Å². The molecule has 0 saturated heterocycles. The molecule has 0 aliphatic heterocycles. The Morgan fingerprint density at radius 2 is 2.00 bits per heavy atom. The van der Waals surface area contributed by atoms with E-state index in [0.717, 1.165) is 16.0 Å². The van der Waals surface area contributed by atoms with Crippen molar-refractivity contribution >= 4 is 41.1 Å². The summed E-state index contributed by atoms with van der Waals surface area (Å²) in [6.45, 7) is 0.257. The zero-order valence-corrected chi connectivity index (χ0v) is 15.2. The average molecular weight is 361 g/mol. The molecule has 0 saturated carbocycles. The molecule has 4 nitrogen and oxygen atoms in total. The van der Waals surface area contributed by atoms with Crippen LogP contribution in [0.5, 0.6) is 0 Å². The van der Waals surface area contributed by atoms with Crippen molar-refractivity contribution in [3.8, 4) is 0 Å². The molecule has 1 aromatic heterocycles. The van der Waals surface area contributed by atoms with Crippen LogP contribution in [0.15, 0.2) is 52.1 Å². The second-order valence-corrected chi connectivity index (χ2v) is 6.76. The topological polar surface area (TPSA) is 46.6 Å². The van der Waals surface area contributed by atoms with Crippen molar-refractivity contribution in [1.82, 2.24) is 4.90 Å². The summed E-state index contributed by atoms with van der Waals surface area (Å²) >= 11 is 3.24. The molecule has 0 spiro atoms. The molecule has 0 atom stereocenters. The summed E-state index contributed by atoms with van der Waals surface area (Å²) in [4.78, 5) is 26.3. The second kappa shape index (κ2) is 9.30. The molecule has 0 aliphatic carbocycles. The Morgan fingerprint density at radius 1 is 1.25 bits per heavy atom. The van der Waals surface area contributed by atoms with Gasteiger partial charge in [0.2, 0.25) is 0 Å². The number of benzene rings is 1. The molecule has 24 heavy (non-hydrogen) atoms. The van der Waals surface area contributed by atoms with Crippen molar-refractivity contribution in [3.63, 3.8) is 0 Å². The fourth-order valence-corrected chi connectivity index (χ4v) is 2.98. The van der Waals surface area contributed by atoms with Gasteiger partial charge in [-0.05, 0) is 52.4 Å². The number of nitrogens with zero attached hydrogens (tertiary/aromatic N) is 1. The van der Waals surface area contributed by atoms with E-state index in [1.54, 1.807) is 41.1 Å². The smallest absolute Gasteiger partial charge is 0.331 e. The van der Waals surface area contributed by atoms with Crippen LogP contribution in [0.1, 0.15) is 11.1 Å². The minimum Gasteiger partial charge on any atom is -0.452 e. The van der Waals surface area contributed by atoms with Crippen LogP contribution in [0, 0.1) is 0 Å². The Balaban J connectivity index is 1.77. The lowest BCUT2D eigenvalue weighted by Crippen LogP contribution is -2.30. The van der Waals surface area contributed by atoms with Gasteiger partial charge in [-0.25, -0.2) is 4.79 Å². The number of thiophene rings is 1. The molecule has 0 unspecified atom stereocenters. The molecule has 6 heteroatoms. The van der Waals surface area contributed by atoms with Crippen molar-refractivity contribution in [2.75, 3.05) is 19.9 Å². The number of likely N-dealkylation sites (N-methyl/N-ethyl adjacent to an activating group) is 1. The summed E-state index contributed by atoms with van der Waals surface area (Å²) in [6.07, 6.45) is 5.01. The summed E-state index contributed by atoms with van der Waals surface area (Å²) in [5.74, 6) is -0.756. The number of thioether (sulfide) groups is 1. The molecule has 0 radical (unpaired) electrons. The molecule has 0 N–H and O–H groups in total. The van der Waals surface area contributed by atoms with Gasteiger partial charge in [0.1, 0.15) is 0 Å².